The smallest absolute Gasteiger partial charge is 0.255 e. The van der Waals surface area contributed by atoms with Gasteiger partial charge in [0.05, 0.1) is 17.1 Å². The maximum atomic E-state index is 13.1. The molecular weight excluding hydrogens is 381 g/mol. The number of amides is 1. The van der Waals surface area contributed by atoms with Crippen molar-refractivity contribution >= 4 is 21.6 Å². The fourth-order valence-corrected chi connectivity index (χ4v) is 4.24. The molecule has 1 fully saturated rings. The van der Waals surface area contributed by atoms with Crippen LogP contribution in [0.2, 0.25) is 0 Å². The van der Waals surface area contributed by atoms with Crippen molar-refractivity contribution in [3.05, 3.63) is 59.5 Å². The van der Waals surface area contributed by atoms with Crippen LogP contribution in [0.5, 0.6) is 0 Å². The van der Waals surface area contributed by atoms with Crippen LogP contribution in [-0.4, -0.2) is 55.3 Å². The van der Waals surface area contributed by atoms with Gasteiger partial charge in [0.15, 0.2) is 9.84 Å². The molecule has 0 saturated carbocycles. The minimum Gasteiger partial charge on any atom is -0.369 e. The molecule has 1 saturated heterocycles. The minimum atomic E-state index is -3.03. The Balaban J connectivity index is 1.60. The molecule has 8 heteroatoms. The SMILES string of the molecule is CC(C)(CNc1ccc(C(=O)N2CCS(=O)(=O)CC2)cn1)c1ccc(F)cc1. The molecule has 0 unspecified atom stereocenters. The van der Waals surface area contributed by atoms with E-state index in [0.717, 1.165) is 5.56 Å². The number of halogens is 1. The minimum absolute atomic E-state index is 0.00424. The predicted molar refractivity (Wildman–Crippen MR) is 107 cm³/mol. The van der Waals surface area contributed by atoms with Crippen LogP contribution in [0, 0.1) is 5.82 Å². The average molecular weight is 405 g/mol. The molecule has 2 heterocycles. The zero-order chi connectivity index (χ0) is 20.4. The van der Waals surface area contributed by atoms with E-state index in [1.165, 1.54) is 18.3 Å². The van der Waals surface area contributed by atoms with E-state index in [9.17, 15) is 17.6 Å². The maximum Gasteiger partial charge on any atom is 0.255 e. The highest BCUT2D eigenvalue weighted by molar-refractivity contribution is 7.91. The standard InChI is InChI=1S/C20H24FN3O3S/c1-20(2,16-4-6-17(21)7-5-16)14-23-18-8-3-15(13-22-18)19(25)24-9-11-28(26,27)12-10-24/h3-8,13H,9-12,14H2,1-2H3,(H,22,23). The molecule has 1 aromatic carbocycles. The normalized spacial score (nSPS) is 16.6. The summed E-state index contributed by atoms with van der Waals surface area (Å²) in [6, 6.07) is 9.85. The average Bonchev–Trinajstić information content (AvgIpc) is 2.67. The van der Waals surface area contributed by atoms with Crippen LogP contribution in [0.4, 0.5) is 10.2 Å². The van der Waals surface area contributed by atoms with Crippen LogP contribution >= 0.6 is 0 Å². The molecule has 3 rings (SSSR count). The molecule has 6 nitrogen and oxygen atoms in total. The van der Waals surface area contributed by atoms with Crippen LogP contribution in [-0.2, 0) is 15.3 Å². The zero-order valence-corrected chi connectivity index (χ0v) is 16.8. The third kappa shape index (κ3) is 4.86. The summed E-state index contributed by atoms with van der Waals surface area (Å²) >= 11 is 0. The second-order valence-corrected chi connectivity index (χ2v) is 9.92. The monoisotopic (exact) mass is 405 g/mol. The molecular formula is C20H24FN3O3S. The van der Waals surface area contributed by atoms with Crippen molar-refractivity contribution < 1.29 is 17.6 Å². The van der Waals surface area contributed by atoms with E-state index < -0.39 is 9.84 Å². The first kappa shape index (κ1) is 20.3. The Bertz CT molecular complexity index is 928. The van der Waals surface area contributed by atoms with E-state index in [-0.39, 0.29) is 41.7 Å². The van der Waals surface area contributed by atoms with Gasteiger partial charge in [-0.15, -0.1) is 0 Å². The second-order valence-electron chi connectivity index (χ2n) is 7.62. The number of sulfone groups is 1. The van der Waals surface area contributed by atoms with Gasteiger partial charge in [-0.25, -0.2) is 17.8 Å². The molecule has 28 heavy (non-hydrogen) atoms. The van der Waals surface area contributed by atoms with E-state index in [2.05, 4.69) is 24.1 Å². The summed E-state index contributed by atoms with van der Waals surface area (Å²) in [7, 11) is -3.03. The highest BCUT2D eigenvalue weighted by Crippen LogP contribution is 2.24. The Morgan fingerprint density at radius 1 is 1.14 bits per heavy atom. The number of benzene rings is 1. The van der Waals surface area contributed by atoms with Gasteiger partial charge in [0.2, 0.25) is 0 Å². The van der Waals surface area contributed by atoms with Crippen LogP contribution < -0.4 is 5.32 Å². The van der Waals surface area contributed by atoms with E-state index in [1.54, 1.807) is 29.2 Å². The second kappa shape index (κ2) is 7.87. The number of anilines is 1. The molecule has 1 N–H and O–H groups in total. The highest BCUT2D eigenvalue weighted by atomic mass is 32.2. The summed E-state index contributed by atoms with van der Waals surface area (Å²) in [5, 5.41) is 3.25. The summed E-state index contributed by atoms with van der Waals surface area (Å²) < 4.78 is 36.1. The lowest BCUT2D eigenvalue weighted by molar-refractivity contribution is 0.0770. The number of pyridine rings is 1. The summed E-state index contributed by atoms with van der Waals surface area (Å²) in [5.74, 6) is 0.170. The lowest BCUT2D eigenvalue weighted by Gasteiger charge is -2.27. The van der Waals surface area contributed by atoms with Gasteiger partial charge in [0, 0.05) is 31.2 Å². The van der Waals surface area contributed by atoms with Crippen LogP contribution in [0.1, 0.15) is 29.8 Å². The first-order valence-electron chi connectivity index (χ1n) is 9.12. The van der Waals surface area contributed by atoms with Gasteiger partial charge in [0.1, 0.15) is 11.6 Å². The number of carbonyl (C=O) groups is 1. The van der Waals surface area contributed by atoms with Crippen molar-refractivity contribution in [2.75, 3.05) is 36.5 Å². The number of nitrogens with one attached hydrogen (secondary N) is 1. The van der Waals surface area contributed by atoms with Gasteiger partial charge in [-0.3, -0.25) is 4.79 Å². The van der Waals surface area contributed by atoms with E-state index in [0.29, 0.717) is 17.9 Å². The van der Waals surface area contributed by atoms with E-state index >= 15 is 0 Å². The molecule has 0 atom stereocenters. The number of aromatic nitrogens is 1. The first-order chi connectivity index (χ1) is 13.2. The van der Waals surface area contributed by atoms with Gasteiger partial charge in [-0.05, 0) is 29.8 Å². The Hall–Kier alpha value is -2.48. The molecule has 0 radical (unpaired) electrons. The fourth-order valence-electron chi connectivity index (χ4n) is 3.04. The summed E-state index contributed by atoms with van der Waals surface area (Å²) in [5.41, 5.74) is 1.21. The van der Waals surface area contributed by atoms with E-state index in [1.807, 2.05) is 0 Å². The van der Waals surface area contributed by atoms with Gasteiger partial charge >= 0.3 is 0 Å². The molecule has 0 bridgehead atoms. The number of rotatable bonds is 5. The number of hydrogen-bond acceptors (Lipinski definition) is 5. The van der Waals surface area contributed by atoms with Crippen molar-refractivity contribution in [1.82, 2.24) is 9.88 Å². The molecule has 2 aromatic rings. The first-order valence-corrected chi connectivity index (χ1v) is 10.9. The molecule has 1 amide bonds. The summed E-state index contributed by atoms with van der Waals surface area (Å²) in [4.78, 5) is 18.3. The van der Waals surface area contributed by atoms with Crippen LogP contribution in [0.25, 0.3) is 0 Å². The van der Waals surface area contributed by atoms with Crippen molar-refractivity contribution in [3.63, 3.8) is 0 Å². The lowest BCUT2D eigenvalue weighted by Crippen LogP contribution is -2.43. The Kier molecular flexibility index (Phi) is 5.69. The third-order valence-corrected chi connectivity index (χ3v) is 6.59. The molecule has 1 aromatic heterocycles. The third-order valence-electron chi connectivity index (χ3n) is 4.98. The maximum absolute atomic E-state index is 13.1. The van der Waals surface area contributed by atoms with Gasteiger partial charge in [-0.1, -0.05) is 26.0 Å². The van der Waals surface area contributed by atoms with Crippen LogP contribution in [0.3, 0.4) is 0 Å². The quantitative estimate of drug-likeness (QED) is 0.827. The molecule has 1 aliphatic rings. The number of nitrogens with zero attached hydrogens (tertiary/aromatic N) is 2. The van der Waals surface area contributed by atoms with Gasteiger partial charge < -0.3 is 10.2 Å². The molecule has 0 aliphatic carbocycles. The van der Waals surface area contributed by atoms with Gasteiger partial charge in [0.25, 0.3) is 5.91 Å². The lowest BCUT2D eigenvalue weighted by atomic mass is 9.84. The molecule has 150 valence electrons. The largest absolute Gasteiger partial charge is 0.369 e. The van der Waals surface area contributed by atoms with Crippen molar-refractivity contribution in [3.8, 4) is 0 Å². The van der Waals surface area contributed by atoms with Crippen molar-refractivity contribution in [2.45, 2.75) is 19.3 Å². The number of hydrogen-bond donors (Lipinski definition) is 1. The highest BCUT2D eigenvalue weighted by Gasteiger charge is 2.26. The van der Waals surface area contributed by atoms with Crippen molar-refractivity contribution in [1.29, 1.82) is 0 Å². The topological polar surface area (TPSA) is 79.4 Å². The Morgan fingerprint density at radius 2 is 1.79 bits per heavy atom. The van der Waals surface area contributed by atoms with Gasteiger partial charge in [-0.2, -0.15) is 0 Å². The van der Waals surface area contributed by atoms with E-state index in [4.69, 9.17) is 0 Å². The Labute approximate surface area is 164 Å². The summed E-state index contributed by atoms with van der Waals surface area (Å²) in [6.07, 6.45) is 1.50. The summed E-state index contributed by atoms with van der Waals surface area (Å²) in [6.45, 7) is 5.12. The predicted octanol–water partition coefficient (Wildman–Crippen LogP) is 2.48. The molecule has 0 spiro atoms. The number of carbonyl (C=O) groups excluding carboxylic acids is 1. The molecule has 1 aliphatic heterocycles. The Morgan fingerprint density at radius 3 is 2.36 bits per heavy atom. The fraction of sp³-hybridized carbons (Fsp3) is 0.400. The van der Waals surface area contributed by atoms with Crippen molar-refractivity contribution in [2.24, 2.45) is 0 Å². The van der Waals surface area contributed by atoms with Crippen LogP contribution in [0.15, 0.2) is 42.6 Å². The zero-order valence-electron chi connectivity index (χ0n) is 16.0.